The Kier molecular flexibility index (Phi) is 5.04. The maximum atomic E-state index is 12.0. The molecule has 2 heterocycles. The average molecular weight is 377 g/mol. The molecule has 1 saturated heterocycles. The lowest BCUT2D eigenvalue weighted by molar-refractivity contribution is -0.0846. The first kappa shape index (κ1) is 14.7. The van der Waals surface area contributed by atoms with Crippen molar-refractivity contribution in [2.24, 2.45) is 0 Å². The molecule has 0 aliphatic carbocycles. The molecule has 1 aromatic rings. The van der Waals surface area contributed by atoms with Gasteiger partial charge in [0, 0.05) is 6.54 Å². The lowest BCUT2D eigenvalue weighted by Crippen LogP contribution is -2.39. The van der Waals surface area contributed by atoms with Crippen molar-refractivity contribution in [3.8, 4) is 0 Å². The standard InChI is InChI=1S/C9H11BrClNO4S2/c10-9-7(11)3-8(17-9)18(13,14)12-4-6-5-15-1-2-16-6/h3,6,12H,1-2,4-5H2. The minimum atomic E-state index is -3.54. The normalized spacial score (nSPS) is 21.1. The van der Waals surface area contributed by atoms with E-state index in [1.807, 2.05) is 0 Å². The highest BCUT2D eigenvalue weighted by Gasteiger charge is 2.22. The summed E-state index contributed by atoms with van der Waals surface area (Å²) in [4.78, 5) is 0. The van der Waals surface area contributed by atoms with Crippen molar-refractivity contribution in [1.29, 1.82) is 0 Å². The number of hydrogen-bond acceptors (Lipinski definition) is 5. The third-order valence-electron chi connectivity index (χ3n) is 2.27. The maximum Gasteiger partial charge on any atom is 0.250 e. The second-order valence-corrected chi connectivity index (χ2v) is 8.38. The van der Waals surface area contributed by atoms with Gasteiger partial charge in [0.25, 0.3) is 0 Å². The summed E-state index contributed by atoms with van der Waals surface area (Å²) < 4.78 is 37.7. The van der Waals surface area contributed by atoms with E-state index in [-0.39, 0.29) is 16.9 Å². The van der Waals surface area contributed by atoms with Crippen molar-refractivity contribution in [3.63, 3.8) is 0 Å². The number of thiophene rings is 1. The van der Waals surface area contributed by atoms with Crippen LogP contribution in [-0.2, 0) is 19.5 Å². The van der Waals surface area contributed by atoms with Gasteiger partial charge in [-0.05, 0) is 22.0 Å². The first-order valence-corrected chi connectivity index (χ1v) is 8.60. The van der Waals surface area contributed by atoms with E-state index in [1.165, 1.54) is 6.07 Å². The Bertz CT molecular complexity index is 493. The highest BCUT2D eigenvalue weighted by Crippen LogP contribution is 2.34. The molecule has 1 atom stereocenters. The minimum absolute atomic E-state index is 0.177. The third-order valence-corrected chi connectivity index (χ3v) is 6.65. The number of rotatable bonds is 4. The molecule has 0 bridgehead atoms. The average Bonchev–Trinajstić information content (AvgIpc) is 2.70. The summed E-state index contributed by atoms with van der Waals surface area (Å²) in [5.41, 5.74) is 0. The van der Waals surface area contributed by atoms with Crippen molar-refractivity contribution in [2.75, 3.05) is 26.4 Å². The van der Waals surface area contributed by atoms with Gasteiger partial charge in [-0.1, -0.05) is 11.6 Å². The van der Waals surface area contributed by atoms with E-state index in [2.05, 4.69) is 20.7 Å². The Morgan fingerprint density at radius 2 is 2.33 bits per heavy atom. The van der Waals surface area contributed by atoms with Gasteiger partial charge in [0.2, 0.25) is 10.0 Å². The van der Waals surface area contributed by atoms with Crippen LogP contribution in [0.4, 0.5) is 0 Å². The molecule has 0 aromatic carbocycles. The fraction of sp³-hybridized carbons (Fsp3) is 0.556. The Morgan fingerprint density at radius 3 is 2.89 bits per heavy atom. The molecule has 0 amide bonds. The predicted molar refractivity (Wildman–Crippen MR) is 72.8 cm³/mol. The summed E-state index contributed by atoms with van der Waals surface area (Å²) >= 11 is 10.1. The van der Waals surface area contributed by atoms with Gasteiger partial charge < -0.3 is 9.47 Å². The van der Waals surface area contributed by atoms with Crippen LogP contribution in [0.2, 0.25) is 5.02 Å². The molecule has 9 heteroatoms. The zero-order valence-corrected chi connectivity index (χ0v) is 13.2. The quantitative estimate of drug-likeness (QED) is 0.871. The Labute approximate surface area is 123 Å². The molecule has 102 valence electrons. The second-order valence-electron chi connectivity index (χ2n) is 3.61. The van der Waals surface area contributed by atoms with Crippen LogP contribution < -0.4 is 4.72 Å². The molecule has 1 N–H and O–H groups in total. The number of halogens is 2. The summed E-state index contributed by atoms with van der Waals surface area (Å²) in [6, 6.07) is 1.41. The summed E-state index contributed by atoms with van der Waals surface area (Å²) in [5, 5.41) is 0.387. The molecule has 0 radical (unpaired) electrons. The molecule has 1 aromatic heterocycles. The lowest BCUT2D eigenvalue weighted by Gasteiger charge is -2.22. The summed E-state index contributed by atoms with van der Waals surface area (Å²) in [6.45, 7) is 1.63. The van der Waals surface area contributed by atoms with Gasteiger partial charge in [-0.3, -0.25) is 0 Å². The monoisotopic (exact) mass is 375 g/mol. The third kappa shape index (κ3) is 3.66. The summed E-state index contributed by atoms with van der Waals surface area (Å²) in [5.74, 6) is 0. The van der Waals surface area contributed by atoms with Crippen molar-refractivity contribution in [2.45, 2.75) is 10.3 Å². The van der Waals surface area contributed by atoms with Crippen LogP contribution in [0.5, 0.6) is 0 Å². The molecule has 18 heavy (non-hydrogen) atoms. The second kappa shape index (κ2) is 6.17. The fourth-order valence-corrected chi connectivity index (χ4v) is 4.90. The summed E-state index contributed by atoms with van der Waals surface area (Å²) in [7, 11) is -3.54. The number of nitrogens with one attached hydrogen (secondary N) is 1. The molecule has 1 unspecified atom stereocenters. The Morgan fingerprint density at radius 1 is 1.56 bits per heavy atom. The first-order chi connectivity index (χ1) is 8.49. The van der Waals surface area contributed by atoms with Crippen LogP contribution >= 0.6 is 38.9 Å². The highest BCUT2D eigenvalue weighted by atomic mass is 79.9. The van der Waals surface area contributed by atoms with Crippen LogP contribution in [0.1, 0.15) is 0 Å². The largest absolute Gasteiger partial charge is 0.376 e. The van der Waals surface area contributed by atoms with Crippen LogP contribution in [0.25, 0.3) is 0 Å². The van der Waals surface area contributed by atoms with Gasteiger partial charge in [0.05, 0.1) is 34.7 Å². The van der Waals surface area contributed by atoms with E-state index in [4.69, 9.17) is 21.1 Å². The number of sulfonamides is 1. The van der Waals surface area contributed by atoms with E-state index in [1.54, 1.807) is 0 Å². The molecule has 1 fully saturated rings. The van der Waals surface area contributed by atoms with Crippen molar-refractivity contribution in [1.82, 2.24) is 4.72 Å². The number of ether oxygens (including phenoxy) is 2. The maximum absolute atomic E-state index is 12.0. The molecular formula is C9H11BrClNO4S2. The van der Waals surface area contributed by atoms with Crippen molar-refractivity contribution >= 4 is 48.9 Å². The minimum Gasteiger partial charge on any atom is -0.376 e. The first-order valence-electron chi connectivity index (χ1n) is 5.13. The molecule has 1 aliphatic heterocycles. The van der Waals surface area contributed by atoms with E-state index in [0.29, 0.717) is 28.6 Å². The molecule has 0 saturated carbocycles. The fourth-order valence-electron chi connectivity index (χ4n) is 1.39. The van der Waals surface area contributed by atoms with Gasteiger partial charge in [-0.15, -0.1) is 11.3 Å². The molecule has 2 rings (SSSR count). The van der Waals surface area contributed by atoms with E-state index in [9.17, 15) is 8.42 Å². The Balaban J connectivity index is 1.98. The Hall–Kier alpha value is 0.300. The molecular weight excluding hydrogens is 366 g/mol. The van der Waals surface area contributed by atoms with Gasteiger partial charge >= 0.3 is 0 Å². The number of hydrogen-bond donors (Lipinski definition) is 1. The summed E-state index contributed by atoms with van der Waals surface area (Å²) in [6.07, 6.45) is -0.243. The molecule has 5 nitrogen and oxygen atoms in total. The van der Waals surface area contributed by atoms with Crippen LogP contribution in [0, 0.1) is 0 Å². The van der Waals surface area contributed by atoms with Crippen molar-refractivity contribution in [3.05, 3.63) is 14.9 Å². The van der Waals surface area contributed by atoms with Crippen LogP contribution in [0.3, 0.4) is 0 Å². The van der Waals surface area contributed by atoms with Crippen molar-refractivity contribution < 1.29 is 17.9 Å². The molecule has 1 aliphatic rings. The zero-order valence-electron chi connectivity index (χ0n) is 9.19. The van der Waals surface area contributed by atoms with E-state index in [0.717, 1.165) is 11.3 Å². The SMILES string of the molecule is O=S(=O)(NCC1COCCO1)c1cc(Cl)c(Br)s1. The lowest BCUT2D eigenvalue weighted by atomic mass is 10.3. The van der Waals surface area contributed by atoms with Gasteiger partial charge in [-0.25, -0.2) is 13.1 Å². The smallest absolute Gasteiger partial charge is 0.250 e. The van der Waals surface area contributed by atoms with Gasteiger partial charge in [-0.2, -0.15) is 0 Å². The molecule has 0 spiro atoms. The van der Waals surface area contributed by atoms with Crippen LogP contribution in [0.15, 0.2) is 14.1 Å². The van der Waals surface area contributed by atoms with E-state index >= 15 is 0 Å². The topological polar surface area (TPSA) is 64.6 Å². The predicted octanol–water partition coefficient (Wildman–Crippen LogP) is 1.86. The van der Waals surface area contributed by atoms with E-state index < -0.39 is 10.0 Å². The van der Waals surface area contributed by atoms with Crippen LogP contribution in [-0.4, -0.2) is 40.9 Å². The van der Waals surface area contributed by atoms with Gasteiger partial charge in [0.15, 0.2) is 0 Å². The zero-order chi connectivity index (χ0) is 13.2. The van der Waals surface area contributed by atoms with Gasteiger partial charge in [0.1, 0.15) is 4.21 Å². The highest BCUT2D eigenvalue weighted by molar-refractivity contribution is 9.11.